The summed E-state index contributed by atoms with van der Waals surface area (Å²) in [6.45, 7) is 2.62. The first-order valence-corrected chi connectivity index (χ1v) is 11.1. The van der Waals surface area contributed by atoms with Crippen LogP contribution >= 0.6 is 0 Å². The maximum absolute atomic E-state index is 13.1. The quantitative estimate of drug-likeness (QED) is 0.515. The van der Waals surface area contributed by atoms with Crippen molar-refractivity contribution in [3.05, 3.63) is 29.8 Å². The molecule has 0 radical (unpaired) electrons. The number of hydrogen-bond acceptors (Lipinski definition) is 5. The SMILES string of the molecule is CC(=O)Nc1ccc(C(=O)COC(=O)[C@H](C)NC(=O)C23CC4CC(CC(C4)C2)C3)cc1. The molecular formula is C24H30N2O5. The number of hydrogen-bond donors (Lipinski definition) is 2. The summed E-state index contributed by atoms with van der Waals surface area (Å²) in [7, 11) is 0. The van der Waals surface area contributed by atoms with Gasteiger partial charge in [0.25, 0.3) is 0 Å². The summed E-state index contributed by atoms with van der Waals surface area (Å²) in [4.78, 5) is 48.8. The zero-order valence-corrected chi connectivity index (χ0v) is 18.1. The van der Waals surface area contributed by atoms with Gasteiger partial charge in [-0.3, -0.25) is 14.4 Å². The highest BCUT2D eigenvalue weighted by Crippen LogP contribution is 2.60. The van der Waals surface area contributed by atoms with Gasteiger partial charge < -0.3 is 15.4 Å². The van der Waals surface area contributed by atoms with Crippen molar-refractivity contribution in [2.75, 3.05) is 11.9 Å². The van der Waals surface area contributed by atoms with E-state index < -0.39 is 18.6 Å². The summed E-state index contributed by atoms with van der Waals surface area (Å²) in [6, 6.07) is 5.57. The fourth-order valence-corrected chi connectivity index (χ4v) is 6.09. The van der Waals surface area contributed by atoms with Gasteiger partial charge in [-0.1, -0.05) is 0 Å². The van der Waals surface area contributed by atoms with E-state index in [1.165, 1.54) is 26.2 Å². The molecule has 31 heavy (non-hydrogen) atoms. The molecule has 4 aliphatic carbocycles. The van der Waals surface area contributed by atoms with Gasteiger partial charge in [-0.15, -0.1) is 0 Å². The minimum atomic E-state index is -0.796. The summed E-state index contributed by atoms with van der Waals surface area (Å²) in [5, 5.41) is 5.49. The van der Waals surface area contributed by atoms with Gasteiger partial charge in [-0.25, -0.2) is 4.79 Å². The van der Waals surface area contributed by atoms with Crippen molar-refractivity contribution in [3.8, 4) is 0 Å². The van der Waals surface area contributed by atoms with Gasteiger partial charge >= 0.3 is 5.97 Å². The Morgan fingerprint density at radius 2 is 1.55 bits per heavy atom. The predicted octanol–water partition coefficient (Wildman–Crippen LogP) is 3.09. The Bertz CT molecular complexity index is 856. The van der Waals surface area contributed by atoms with Gasteiger partial charge in [-0.2, -0.15) is 0 Å². The molecule has 4 aliphatic rings. The minimum Gasteiger partial charge on any atom is -0.456 e. The molecule has 4 bridgehead atoms. The number of benzene rings is 1. The molecule has 7 heteroatoms. The molecule has 2 N–H and O–H groups in total. The number of Topliss-reactive ketones (excluding diaryl/α,β-unsaturated/α-hetero) is 1. The Kier molecular flexibility index (Phi) is 5.86. The number of esters is 1. The van der Waals surface area contributed by atoms with Crippen molar-refractivity contribution in [1.82, 2.24) is 5.32 Å². The van der Waals surface area contributed by atoms with Gasteiger partial charge in [0.05, 0.1) is 0 Å². The Morgan fingerprint density at radius 1 is 1.00 bits per heavy atom. The van der Waals surface area contributed by atoms with E-state index in [1.807, 2.05) is 0 Å². The summed E-state index contributed by atoms with van der Waals surface area (Å²) < 4.78 is 5.16. The molecule has 5 rings (SSSR count). The van der Waals surface area contributed by atoms with Crippen LogP contribution in [0.15, 0.2) is 24.3 Å². The molecule has 1 aromatic carbocycles. The van der Waals surface area contributed by atoms with Crippen LogP contribution in [-0.4, -0.2) is 36.2 Å². The molecular weight excluding hydrogens is 396 g/mol. The molecule has 0 aliphatic heterocycles. The van der Waals surface area contributed by atoms with E-state index in [2.05, 4.69) is 10.6 Å². The molecule has 0 saturated heterocycles. The topological polar surface area (TPSA) is 102 Å². The molecule has 166 valence electrons. The zero-order chi connectivity index (χ0) is 22.2. The summed E-state index contributed by atoms with van der Waals surface area (Å²) in [5.74, 6) is 0.758. The lowest BCUT2D eigenvalue weighted by atomic mass is 9.49. The number of nitrogens with one attached hydrogen (secondary N) is 2. The van der Waals surface area contributed by atoms with E-state index >= 15 is 0 Å². The molecule has 1 aromatic rings. The first-order valence-electron chi connectivity index (χ1n) is 11.1. The molecule has 0 heterocycles. The van der Waals surface area contributed by atoms with Crippen molar-refractivity contribution in [1.29, 1.82) is 0 Å². The summed E-state index contributed by atoms with van der Waals surface area (Å²) in [5.41, 5.74) is 0.642. The second-order valence-corrected chi connectivity index (χ2v) is 9.68. The summed E-state index contributed by atoms with van der Waals surface area (Å²) in [6.07, 6.45) is 6.53. The van der Waals surface area contributed by atoms with E-state index in [4.69, 9.17) is 4.74 Å². The number of anilines is 1. The van der Waals surface area contributed by atoms with Crippen LogP contribution in [0, 0.1) is 23.2 Å². The third kappa shape index (κ3) is 4.65. The van der Waals surface area contributed by atoms with Crippen molar-refractivity contribution in [2.24, 2.45) is 23.2 Å². The van der Waals surface area contributed by atoms with E-state index in [1.54, 1.807) is 31.2 Å². The molecule has 0 spiro atoms. The van der Waals surface area contributed by atoms with Crippen LogP contribution in [0.25, 0.3) is 0 Å². The van der Waals surface area contributed by atoms with Crippen molar-refractivity contribution >= 4 is 29.3 Å². The fraction of sp³-hybridized carbons (Fsp3) is 0.583. The van der Waals surface area contributed by atoms with E-state index in [9.17, 15) is 19.2 Å². The van der Waals surface area contributed by atoms with Crippen LogP contribution in [0.3, 0.4) is 0 Å². The highest BCUT2D eigenvalue weighted by molar-refractivity contribution is 5.99. The number of carbonyl (C=O) groups is 4. The number of rotatable bonds is 7. The normalized spacial score (nSPS) is 29.2. The van der Waals surface area contributed by atoms with Crippen LogP contribution in [0.5, 0.6) is 0 Å². The number of carbonyl (C=O) groups excluding carboxylic acids is 4. The molecule has 4 fully saturated rings. The molecule has 0 unspecified atom stereocenters. The minimum absolute atomic E-state index is 0.0315. The van der Waals surface area contributed by atoms with Gasteiger partial charge in [0.15, 0.2) is 12.4 Å². The van der Waals surface area contributed by atoms with Crippen LogP contribution in [-0.2, 0) is 19.1 Å². The lowest BCUT2D eigenvalue weighted by molar-refractivity contribution is -0.153. The van der Waals surface area contributed by atoms with E-state index in [-0.39, 0.29) is 23.0 Å². The first kappa shape index (κ1) is 21.5. The average molecular weight is 427 g/mol. The molecule has 1 atom stereocenters. The highest BCUT2D eigenvalue weighted by Gasteiger charge is 2.54. The van der Waals surface area contributed by atoms with Crippen molar-refractivity contribution < 1.29 is 23.9 Å². The van der Waals surface area contributed by atoms with Crippen LogP contribution in [0.4, 0.5) is 5.69 Å². The van der Waals surface area contributed by atoms with Gasteiger partial charge in [0, 0.05) is 23.6 Å². The summed E-state index contributed by atoms with van der Waals surface area (Å²) >= 11 is 0. The van der Waals surface area contributed by atoms with Crippen molar-refractivity contribution in [3.63, 3.8) is 0 Å². The van der Waals surface area contributed by atoms with Gasteiger partial charge in [0.1, 0.15) is 6.04 Å². The Hall–Kier alpha value is -2.70. The monoisotopic (exact) mass is 426 g/mol. The molecule has 2 amide bonds. The maximum Gasteiger partial charge on any atom is 0.328 e. The third-order valence-corrected chi connectivity index (χ3v) is 7.09. The number of amides is 2. The van der Waals surface area contributed by atoms with Crippen LogP contribution in [0.1, 0.15) is 62.7 Å². The average Bonchev–Trinajstić information content (AvgIpc) is 2.70. The van der Waals surface area contributed by atoms with E-state index in [0.29, 0.717) is 29.0 Å². The Labute approximate surface area is 182 Å². The standard InChI is InChI=1S/C24H30N2O5/c1-14(25-23(30)24-10-16-7-17(11-24)9-18(8-16)12-24)22(29)31-13-21(28)19-3-5-20(6-4-19)26-15(2)27/h3-6,14,16-18H,7-13H2,1-2H3,(H,25,30)(H,26,27)/t14-,16?,17?,18?,24?/m0/s1. The van der Waals surface area contributed by atoms with E-state index in [0.717, 1.165) is 19.3 Å². The van der Waals surface area contributed by atoms with Crippen molar-refractivity contribution in [2.45, 2.75) is 58.4 Å². The van der Waals surface area contributed by atoms with Gasteiger partial charge in [-0.05, 0) is 87.5 Å². The molecule has 7 nitrogen and oxygen atoms in total. The Balaban J connectivity index is 1.27. The second-order valence-electron chi connectivity index (χ2n) is 9.68. The van der Waals surface area contributed by atoms with Crippen LogP contribution in [0.2, 0.25) is 0 Å². The zero-order valence-electron chi connectivity index (χ0n) is 18.1. The largest absolute Gasteiger partial charge is 0.456 e. The number of ether oxygens (including phenoxy) is 1. The smallest absolute Gasteiger partial charge is 0.328 e. The lowest BCUT2D eigenvalue weighted by Gasteiger charge is -2.55. The fourth-order valence-electron chi connectivity index (χ4n) is 6.09. The first-order chi connectivity index (χ1) is 14.7. The lowest BCUT2D eigenvalue weighted by Crippen LogP contribution is -2.56. The molecule has 0 aromatic heterocycles. The third-order valence-electron chi connectivity index (χ3n) is 7.09. The van der Waals surface area contributed by atoms with Crippen LogP contribution < -0.4 is 10.6 Å². The second kappa shape index (κ2) is 8.44. The Morgan fingerprint density at radius 3 is 2.06 bits per heavy atom. The molecule has 4 saturated carbocycles. The maximum atomic E-state index is 13.1. The highest BCUT2D eigenvalue weighted by atomic mass is 16.5. The van der Waals surface area contributed by atoms with Gasteiger partial charge in [0.2, 0.25) is 11.8 Å². The predicted molar refractivity (Wildman–Crippen MR) is 114 cm³/mol. The number of ketones is 1.